The van der Waals surface area contributed by atoms with Crippen molar-refractivity contribution in [2.45, 2.75) is 12.5 Å². The second-order valence-electron chi connectivity index (χ2n) is 7.58. The van der Waals surface area contributed by atoms with Gasteiger partial charge in [0.05, 0.1) is 14.2 Å². The van der Waals surface area contributed by atoms with Crippen molar-refractivity contribution < 1.29 is 19.3 Å². The Morgan fingerprint density at radius 3 is 2.23 bits per heavy atom. The lowest BCUT2D eigenvalue weighted by molar-refractivity contribution is 0.106. The third-order valence-electron chi connectivity index (χ3n) is 5.01. The lowest BCUT2D eigenvalue weighted by Crippen LogP contribution is -2.32. The minimum atomic E-state index is -0.564. The minimum Gasteiger partial charge on any atom is -0.493 e. The number of aliphatic hydroxyl groups excluding tert-OH is 1. The Morgan fingerprint density at radius 2 is 1.54 bits per heavy atom. The van der Waals surface area contributed by atoms with E-state index >= 15 is 0 Å². The van der Waals surface area contributed by atoms with E-state index in [-0.39, 0.29) is 19.0 Å². The molecule has 0 saturated heterocycles. The molecule has 3 aromatic carbocycles. The number of ether oxygens (including phenoxy) is 3. The molecule has 3 aromatic rings. The van der Waals surface area contributed by atoms with Crippen molar-refractivity contribution in [3.8, 4) is 17.2 Å². The van der Waals surface area contributed by atoms with Gasteiger partial charge in [-0.25, -0.2) is 0 Å². The molecule has 35 heavy (non-hydrogen) atoms. The lowest BCUT2D eigenvalue weighted by atomic mass is 10.1. The first-order valence-electron chi connectivity index (χ1n) is 11.0. The zero-order valence-corrected chi connectivity index (χ0v) is 21.5. The summed E-state index contributed by atoms with van der Waals surface area (Å²) in [4.78, 5) is 0. The summed E-state index contributed by atoms with van der Waals surface area (Å²) in [6.07, 6.45) is 0.284. The van der Waals surface area contributed by atoms with Crippen LogP contribution in [-0.4, -0.2) is 50.2 Å². The van der Waals surface area contributed by atoms with E-state index in [9.17, 15) is 5.11 Å². The van der Waals surface area contributed by atoms with Crippen molar-refractivity contribution in [2.75, 3.05) is 44.5 Å². The van der Waals surface area contributed by atoms with Gasteiger partial charge in [-0.1, -0.05) is 30.3 Å². The normalized spacial score (nSPS) is 11.1. The van der Waals surface area contributed by atoms with E-state index in [0.717, 1.165) is 30.1 Å². The fourth-order valence-electron chi connectivity index (χ4n) is 3.23. The molecule has 7 nitrogen and oxygen atoms in total. The fraction of sp³-hybridized carbons (Fsp3) is 0.269. The quantitative estimate of drug-likeness (QED) is 0.206. The maximum absolute atomic E-state index is 10.1. The van der Waals surface area contributed by atoms with Gasteiger partial charge in [-0.05, 0) is 67.1 Å². The molecule has 0 aliphatic rings. The third-order valence-corrected chi connectivity index (χ3v) is 5.21. The van der Waals surface area contributed by atoms with Crippen LogP contribution in [0.3, 0.4) is 0 Å². The molecular formula is C26H32ClN3O4S. The summed E-state index contributed by atoms with van der Waals surface area (Å²) < 4.78 is 16.1. The van der Waals surface area contributed by atoms with Crippen LogP contribution in [0.15, 0.2) is 72.8 Å². The lowest BCUT2D eigenvalue weighted by Gasteiger charge is -2.14. The number of aliphatic hydroxyl groups is 1. The van der Waals surface area contributed by atoms with Gasteiger partial charge in [0.1, 0.15) is 18.5 Å². The molecule has 0 bridgehead atoms. The van der Waals surface area contributed by atoms with Crippen LogP contribution in [0.4, 0.5) is 11.4 Å². The second kappa shape index (κ2) is 15.1. The Balaban J connectivity index is 0.00000432. The van der Waals surface area contributed by atoms with Crippen molar-refractivity contribution >= 4 is 41.1 Å². The average molecular weight is 518 g/mol. The number of hydrogen-bond donors (Lipinski definition) is 4. The fourth-order valence-corrected chi connectivity index (χ4v) is 3.47. The van der Waals surface area contributed by atoms with Crippen LogP contribution in [0.1, 0.15) is 5.56 Å². The molecule has 0 saturated carbocycles. The van der Waals surface area contributed by atoms with Gasteiger partial charge in [0.2, 0.25) is 0 Å². The summed E-state index contributed by atoms with van der Waals surface area (Å²) in [6, 6.07) is 23.1. The summed E-state index contributed by atoms with van der Waals surface area (Å²) in [5.74, 6) is 2.05. The molecule has 0 amide bonds. The predicted molar refractivity (Wildman–Crippen MR) is 148 cm³/mol. The Kier molecular flexibility index (Phi) is 12.1. The monoisotopic (exact) mass is 517 g/mol. The molecule has 0 radical (unpaired) electrons. The summed E-state index contributed by atoms with van der Waals surface area (Å²) in [5.41, 5.74) is 2.88. The number of anilines is 2. The number of thiocarbonyl (C=S) groups is 1. The molecular weight excluding hydrogens is 486 g/mol. The van der Waals surface area contributed by atoms with E-state index in [2.05, 4.69) is 28.1 Å². The molecule has 0 heterocycles. The van der Waals surface area contributed by atoms with E-state index < -0.39 is 6.10 Å². The molecule has 0 spiro atoms. The number of nitrogens with one attached hydrogen (secondary N) is 3. The van der Waals surface area contributed by atoms with Gasteiger partial charge in [0.25, 0.3) is 0 Å². The van der Waals surface area contributed by atoms with Crippen LogP contribution in [0.5, 0.6) is 17.2 Å². The molecule has 0 aromatic heterocycles. The predicted octanol–water partition coefficient (Wildman–Crippen LogP) is 4.51. The first-order chi connectivity index (χ1) is 16.6. The van der Waals surface area contributed by atoms with Gasteiger partial charge in [-0.2, -0.15) is 0 Å². The van der Waals surface area contributed by atoms with Gasteiger partial charge >= 0.3 is 0 Å². The van der Waals surface area contributed by atoms with E-state index in [1.807, 2.05) is 60.7 Å². The van der Waals surface area contributed by atoms with Gasteiger partial charge in [0, 0.05) is 24.0 Å². The molecule has 3 rings (SSSR count). The van der Waals surface area contributed by atoms with E-state index in [4.69, 9.17) is 26.4 Å². The van der Waals surface area contributed by atoms with Crippen LogP contribution >= 0.6 is 24.6 Å². The van der Waals surface area contributed by atoms with Crippen molar-refractivity contribution in [1.82, 2.24) is 5.32 Å². The standard InChI is InChI=1S/C26H31N3O4S.ClH/c1-31-24-13-12-21(16-25(24)32-2)29-26(34)28-20-10-8-19(9-11-20)14-15-27-17-22(30)18-33-23-6-4-3-5-7-23;/h3-13,16,22,27,30H,14-15,17-18H2,1-2H3,(H2,28,29,34);1H/t22-;/m0./s1. The Morgan fingerprint density at radius 1 is 0.886 bits per heavy atom. The zero-order valence-electron chi connectivity index (χ0n) is 19.8. The van der Waals surface area contributed by atoms with Gasteiger partial charge in [0.15, 0.2) is 16.6 Å². The number of benzene rings is 3. The summed E-state index contributed by atoms with van der Waals surface area (Å²) in [7, 11) is 3.19. The SMILES string of the molecule is COc1ccc(NC(=S)Nc2ccc(CCNC[C@H](O)COc3ccccc3)cc2)cc1OC.Cl. The van der Waals surface area contributed by atoms with Crippen LogP contribution < -0.4 is 30.2 Å². The van der Waals surface area contributed by atoms with Crippen LogP contribution in [-0.2, 0) is 6.42 Å². The topological polar surface area (TPSA) is 84.0 Å². The molecule has 188 valence electrons. The van der Waals surface area contributed by atoms with Crippen LogP contribution in [0, 0.1) is 0 Å². The van der Waals surface area contributed by atoms with Gasteiger partial charge in [-0.3, -0.25) is 0 Å². The molecule has 0 unspecified atom stereocenters. The van der Waals surface area contributed by atoms with Crippen molar-refractivity contribution in [1.29, 1.82) is 0 Å². The number of halogens is 1. The average Bonchev–Trinajstić information content (AvgIpc) is 2.86. The van der Waals surface area contributed by atoms with E-state index in [1.165, 1.54) is 5.56 Å². The first kappa shape index (κ1) is 28.2. The molecule has 0 fully saturated rings. The largest absolute Gasteiger partial charge is 0.493 e. The number of para-hydroxylation sites is 1. The van der Waals surface area contributed by atoms with E-state index in [1.54, 1.807) is 14.2 Å². The summed E-state index contributed by atoms with van der Waals surface area (Å²) in [5, 5.41) is 20.1. The molecule has 0 aliphatic heterocycles. The second-order valence-corrected chi connectivity index (χ2v) is 7.99. The maximum atomic E-state index is 10.1. The molecule has 9 heteroatoms. The van der Waals surface area contributed by atoms with Gasteiger partial charge < -0.3 is 35.3 Å². The van der Waals surface area contributed by atoms with Crippen molar-refractivity contribution in [3.63, 3.8) is 0 Å². The molecule has 1 atom stereocenters. The molecule has 0 aliphatic carbocycles. The Labute approximate surface area is 218 Å². The number of methoxy groups -OCH3 is 2. The van der Waals surface area contributed by atoms with Crippen LogP contribution in [0.2, 0.25) is 0 Å². The highest BCUT2D eigenvalue weighted by Gasteiger charge is 2.07. The first-order valence-corrected chi connectivity index (χ1v) is 11.4. The van der Waals surface area contributed by atoms with E-state index in [0.29, 0.717) is 23.2 Å². The maximum Gasteiger partial charge on any atom is 0.175 e. The zero-order chi connectivity index (χ0) is 24.2. The Hall–Kier alpha value is -3.04. The highest BCUT2D eigenvalue weighted by molar-refractivity contribution is 7.80. The molecule has 4 N–H and O–H groups in total. The smallest absolute Gasteiger partial charge is 0.175 e. The summed E-state index contributed by atoms with van der Waals surface area (Å²) in [6.45, 7) is 1.49. The third kappa shape index (κ3) is 9.62. The number of hydrogen-bond acceptors (Lipinski definition) is 6. The summed E-state index contributed by atoms with van der Waals surface area (Å²) >= 11 is 5.42. The van der Waals surface area contributed by atoms with Crippen LogP contribution in [0.25, 0.3) is 0 Å². The Bertz CT molecular complexity index is 1040. The van der Waals surface area contributed by atoms with Gasteiger partial charge in [-0.15, -0.1) is 12.4 Å². The number of rotatable bonds is 12. The van der Waals surface area contributed by atoms with Crippen molar-refractivity contribution in [3.05, 3.63) is 78.4 Å². The highest BCUT2D eigenvalue weighted by Crippen LogP contribution is 2.29. The van der Waals surface area contributed by atoms with Crippen molar-refractivity contribution in [2.24, 2.45) is 0 Å². The minimum absolute atomic E-state index is 0. The highest BCUT2D eigenvalue weighted by atomic mass is 35.5.